The molecule has 0 atom stereocenters. The van der Waals surface area contributed by atoms with Crippen molar-refractivity contribution in [2.75, 3.05) is 13.7 Å². The van der Waals surface area contributed by atoms with E-state index in [4.69, 9.17) is 21.1 Å². The summed E-state index contributed by atoms with van der Waals surface area (Å²) >= 11 is 5.92. The average Bonchev–Trinajstić information content (AvgIpc) is 2.56. The Bertz CT molecular complexity index is 825. The van der Waals surface area contributed by atoms with Gasteiger partial charge in [0, 0.05) is 10.6 Å². The van der Waals surface area contributed by atoms with Crippen LogP contribution in [0.15, 0.2) is 24.3 Å². The van der Waals surface area contributed by atoms with E-state index in [-0.39, 0.29) is 23.5 Å². The largest absolute Gasteiger partial charge is 0.506 e. The maximum Gasteiger partial charge on any atom is 0.341 e. The van der Waals surface area contributed by atoms with Crippen LogP contribution in [0, 0.1) is 13.8 Å². The van der Waals surface area contributed by atoms with E-state index >= 15 is 0 Å². The summed E-state index contributed by atoms with van der Waals surface area (Å²) in [5.41, 5.74) is 2.01. The van der Waals surface area contributed by atoms with Gasteiger partial charge in [0.1, 0.15) is 11.3 Å². The number of hydrogen-bond donors (Lipinski definition) is 1. The number of carbonyl (C=O) groups is 2. The van der Waals surface area contributed by atoms with Gasteiger partial charge in [-0.1, -0.05) is 23.7 Å². The molecule has 2 aromatic carbocycles. The second-order valence-corrected chi connectivity index (χ2v) is 5.88. The quantitative estimate of drug-likeness (QED) is 0.821. The number of methoxy groups -OCH3 is 1. The van der Waals surface area contributed by atoms with Crippen molar-refractivity contribution in [2.45, 2.75) is 20.8 Å². The number of ether oxygens (including phenoxy) is 2. The molecule has 1 N–H and O–H groups in total. The summed E-state index contributed by atoms with van der Waals surface area (Å²) in [7, 11) is 1.22. The summed E-state index contributed by atoms with van der Waals surface area (Å²) in [6, 6.07) is 6.74. The summed E-state index contributed by atoms with van der Waals surface area (Å²) in [6.07, 6.45) is 0. The van der Waals surface area contributed by atoms with E-state index in [9.17, 15) is 14.7 Å². The molecule has 2 aromatic rings. The molecular formula is C19H19ClO5. The second kappa shape index (κ2) is 7.57. The maximum atomic E-state index is 12.4. The molecule has 0 saturated carbocycles. The molecule has 0 aromatic heterocycles. The lowest BCUT2D eigenvalue weighted by Crippen LogP contribution is -2.15. The van der Waals surface area contributed by atoms with Crippen LogP contribution in [-0.4, -0.2) is 30.8 Å². The minimum atomic E-state index is -0.726. The van der Waals surface area contributed by atoms with Crippen LogP contribution in [0.25, 0.3) is 11.1 Å². The number of esters is 2. The fourth-order valence-electron chi connectivity index (χ4n) is 2.84. The second-order valence-electron chi connectivity index (χ2n) is 5.44. The van der Waals surface area contributed by atoms with Gasteiger partial charge in [-0.2, -0.15) is 0 Å². The van der Waals surface area contributed by atoms with E-state index in [0.29, 0.717) is 27.3 Å². The van der Waals surface area contributed by atoms with Gasteiger partial charge in [-0.3, -0.25) is 0 Å². The van der Waals surface area contributed by atoms with Gasteiger partial charge in [-0.25, -0.2) is 9.59 Å². The van der Waals surface area contributed by atoms with E-state index in [2.05, 4.69) is 0 Å². The summed E-state index contributed by atoms with van der Waals surface area (Å²) in [5.74, 6) is -1.52. The topological polar surface area (TPSA) is 72.8 Å². The molecule has 25 heavy (non-hydrogen) atoms. The van der Waals surface area contributed by atoms with Crippen molar-refractivity contribution in [1.29, 1.82) is 0 Å². The van der Waals surface area contributed by atoms with Crippen LogP contribution < -0.4 is 0 Å². The van der Waals surface area contributed by atoms with Crippen LogP contribution in [0.4, 0.5) is 0 Å². The van der Waals surface area contributed by atoms with Gasteiger partial charge in [-0.15, -0.1) is 0 Å². The van der Waals surface area contributed by atoms with Crippen molar-refractivity contribution in [3.05, 3.63) is 51.5 Å². The molecule has 132 valence electrons. The lowest BCUT2D eigenvalue weighted by molar-refractivity contribution is 0.0524. The Morgan fingerprint density at radius 1 is 1.04 bits per heavy atom. The smallest absolute Gasteiger partial charge is 0.341 e. The number of halogens is 1. The first kappa shape index (κ1) is 18.8. The first-order chi connectivity index (χ1) is 11.8. The predicted molar refractivity (Wildman–Crippen MR) is 95.3 cm³/mol. The van der Waals surface area contributed by atoms with Crippen molar-refractivity contribution in [3.8, 4) is 16.9 Å². The highest BCUT2D eigenvalue weighted by atomic mass is 35.5. The van der Waals surface area contributed by atoms with Gasteiger partial charge in [0.05, 0.1) is 19.3 Å². The van der Waals surface area contributed by atoms with E-state index in [0.717, 1.165) is 0 Å². The Balaban J connectivity index is 2.86. The Morgan fingerprint density at radius 2 is 1.64 bits per heavy atom. The van der Waals surface area contributed by atoms with Crippen LogP contribution in [0.1, 0.15) is 38.8 Å². The number of phenols is 1. The highest BCUT2D eigenvalue weighted by molar-refractivity contribution is 6.30. The zero-order valence-electron chi connectivity index (χ0n) is 14.5. The van der Waals surface area contributed by atoms with Gasteiger partial charge in [0.25, 0.3) is 0 Å². The van der Waals surface area contributed by atoms with E-state index in [1.54, 1.807) is 45.0 Å². The zero-order valence-corrected chi connectivity index (χ0v) is 15.2. The third kappa shape index (κ3) is 3.46. The predicted octanol–water partition coefficient (Wildman–Crippen LogP) is 4.29. The molecule has 0 bridgehead atoms. The first-order valence-electron chi connectivity index (χ1n) is 7.70. The van der Waals surface area contributed by atoms with E-state index in [1.807, 2.05) is 0 Å². The van der Waals surface area contributed by atoms with Crippen LogP contribution in [0.5, 0.6) is 5.75 Å². The molecule has 0 radical (unpaired) electrons. The lowest BCUT2D eigenvalue weighted by atomic mass is 9.88. The van der Waals surface area contributed by atoms with Gasteiger partial charge >= 0.3 is 11.9 Å². The molecule has 0 heterocycles. The number of hydrogen-bond acceptors (Lipinski definition) is 5. The number of phenolic OH excluding ortho intramolecular Hbond substituents is 1. The number of rotatable bonds is 4. The summed E-state index contributed by atoms with van der Waals surface area (Å²) in [5, 5.41) is 11.3. The first-order valence-corrected chi connectivity index (χ1v) is 8.08. The standard InChI is InChI=1S/C19H19ClO5/c1-5-25-19(23)14-10(2)15(12-6-8-13(20)9-7-12)17(21)16(11(14)3)18(22)24-4/h6-9,21H,5H2,1-4H3. The molecule has 0 aliphatic carbocycles. The van der Waals surface area contributed by atoms with E-state index < -0.39 is 11.9 Å². The fraction of sp³-hybridized carbons (Fsp3) is 0.263. The molecule has 0 aliphatic rings. The van der Waals surface area contributed by atoms with Crippen molar-refractivity contribution in [2.24, 2.45) is 0 Å². The van der Waals surface area contributed by atoms with Crippen molar-refractivity contribution in [3.63, 3.8) is 0 Å². The van der Waals surface area contributed by atoms with E-state index in [1.165, 1.54) is 7.11 Å². The monoisotopic (exact) mass is 362 g/mol. The Labute approximate surface area is 151 Å². The Morgan fingerprint density at radius 3 is 2.16 bits per heavy atom. The third-order valence-electron chi connectivity index (χ3n) is 3.98. The summed E-state index contributed by atoms with van der Waals surface area (Å²) < 4.78 is 9.88. The molecular weight excluding hydrogens is 344 g/mol. The van der Waals surface area contributed by atoms with Gasteiger partial charge in [0.2, 0.25) is 0 Å². The minimum absolute atomic E-state index is 0.0545. The minimum Gasteiger partial charge on any atom is -0.506 e. The molecule has 5 nitrogen and oxygen atoms in total. The normalized spacial score (nSPS) is 10.4. The van der Waals surface area contributed by atoms with Gasteiger partial charge < -0.3 is 14.6 Å². The Hall–Kier alpha value is -2.53. The van der Waals surface area contributed by atoms with Gasteiger partial charge in [0.15, 0.2) is 0 Å². The zero-order chi connectivity index (χ0) is 18.7. The average molecular weight is 363 g/mol. The van der Waals surface area contributed by atoms with Crippen LogP contribution >= 0.6 is 11.6 Å². The molecule has 0 amide bonds. The highest BCUT2D eigenvalue weighted by Crippen LogP contribution is 2.40. The van der Waals surface area contributed by atoms with Crippen molar-refractivity contribution in [1.82, 2.24) is 0 Å². The number of benzene rings is 2. The molecule has 0 aliphatic heterocycles. The molecule has 0 fully saturated rings. The Kier molecular flexibility index (Phi) is 5.69. The highest BCUT2D eigenvalue weighted by Gasteiger charge is 2.28. The molecule has 0 spiro atoms. The van der Waals surface area contributed by atoms with Crippen LogP contribution in [0.2, 0.25) is 5.02 Å². The summed E-state index contributed by atoms with van der Waals surface area (Å²) in [4.78, 5) is 24.6. The molecule has 0 saturated heterocycles. The third-order valence-corrected chi connectivity index (χ3v) is 4.23. The molecule has 6 heteroatoms. The number of aromatic hydroxyl groups is 1. The summed E-state index contributed by atoms with van der Waals surface area (Å²) in [6.45, 7) is 5.17. The molecule has 0 unspecified atom stereocenters. The van der Waals surface area contributed by atoms with Crippen molar-refractivity contribution >= 4 is 23.5 Å². The fourth-order valence-corrected chi connectivity index (χ4v) is 2.97. The SMILES string of the molecule is CCOC(=O)c1c(C)c(C(=O)OC)c(O)c(-c2ccc(Cl)cc2)c1C. The molecule has 2 rings (SSSR count). The van der Waals surface area contributed by atoms with Crippen LogP contribution in [-0.2, 0) is 9.47 Å². The maximum absolute atomic E-state index is 12.4. The lowest BCUT2D eigenvalue weighted by Gasteiger charge is -2.19. The van der Waals surface area contributed by atoms with Crippen LogP contribution in [0.3, 0.4) is 0 Å². The number of carbonyl (C=O) groups excluding carboxylic acids is 2. The van der Waals surface area contributed by atoms with Crippen molar-refractivity contribution < 1.29 is 24.2 Å². The van der Waals surface area contributed by atoms with Gasteiger partial charge in [-0.05, 0) is 49.6 Å².